The lowest BCUT2D eigenvalue weighted by atomic mass is 10.1. The first-order chi connectivity index (χ1) is 7.77. The fourth-order valence-corrected chi connectivity index (χ4v) is 1.88. The van der Waals surface area contributed by atoms with Gasteiger partial charge in [-0.3, -0.25) is 9.69 Å². The lowest BCUT2D eigenvalue weighted by Crippen LogP contribution is -2.40. The molecule has 90 valence electrons. The molecule has 0 bridgehead atoms. The summed E-state index contributed by atoms with van der Waals surface area (Å²) in [6.45, 7) is 6.14. The zero-order valence-corrected chi connectivity index (χ0v) is 9.83. The Labute approximate surface area is 96.8 Å². The van der Waals surface area contributed by atoms with Gasteiger partial charge in [0.05, 0.1) is 12.5 Å². The fraction of sp³-hybridized carbons (Fsp3) is 0.818. The van der Waals surface area contributed by atoms with E-state index in [0.717, 1.165) is 32.6 Å². The van der Waals surface area contributed by atoms with Crippen molar-refractivity contribution in [3.05, 3.63) is 0 Å². The SMILES string of the molecule is CCNC(=O)CC(C#N)N1CCCNCC1. The van der Waals surface area contributed by atoms with Crippen LogP contribution in [0.15, 0.2) is 0 Å². The summed E-state index contributed by atoms with van der Waals surface area (Å²) in [7, 11) is 0. The molecule has 2 N–H and O–H groups in total. The molecule has 1 atom stereocenters. The van der Waals surface area contributed by atoms with E-state index >= 15 is 0 Å². The van der Waals surface area contributed by atoms with Gasteiger partial charge in [-0.05, 0) is 19.9 Å². The van der Waals surface area contributed by atoms with Crippen LogP contribution in [0.1, 0.15) is 19.8 Å². The summed E-state index contributed by atoms with van der Waals surface area (Å²) < 4.78 is 0. The summed E-state index contributed by atoms with van der Waals surface area (Å²) in [5.41, 5.74) is 0. The van der Waals surface area contributed by atoms with Crippen LogP contribution in [0.3, 0.4) is 0 Å². The van der Waals surface area contributed by atoms with Crippen LogP contribution >= 0.6 is 0 Å². The molecule has 0 spiro atoms. The molecule has 0 aliphatic carbocycles. The average Bonchev–Trinajstić information content (AvgIpc) is 2.55. The highest BCUT2D eigenvalue weighted by molar-refractivity contribution is 5.76. The maximum atomic E-state index is 11.4. The van der Waals surface area contributed by atoms with E-state index in [2.05, 4.69) is 21.6 Å². The summed E-state index contributed by atoms with van der Waals surface area (Å²) in [6, 6.07) is 1.94. The summed E-state index contributed by atoms with van der Waals surface area (Å²) >= 11 is 0. The Morgan fingerprint density at radius 3 is 3.06 bits per heavy atom. The smallest absolute Gasteiger partial charge is 0.222 e. The van der Waals surface area contributed by atoms with Gasteiger partial charge in [-0.2, -0.15) is 5.26 Å². The fourth-order valence-electron chi connectivity index (χ4n) is 1.88. The number of carbonyl (C=O) groups excluding carboxylic acids is 1. The molecule has 1 fully saturated rings. The average molecular weight is 224 g/mol. The van der Waals surface area contributed by atoms with Crippen molar-refractivity contribution in [1.29, 1.82) is 5.26 Å². The zero-order chi connectivity index (χ0) is 11.8. The third kappa shape index (κ3) is 4.17. The molecule has 1 unspecified atom stereocenters. The van der Waals surface area contributed by atoms with Crippen molar-refractivity contribution in [3.8, 4) is 6.07 Å². The largest absolute Gasteiger partial charge is 0.356 e. The molecule has 1 aliphatic heterocycles. The monoisotopic (exact) mass is 224 g/mol. The Kier molecular flexibility index (Phi) is 5.83. The molecule has 0 radical (unpaired) electrons. The molecule has 1 amide bonds. The number of hydrogen-bond donors (Lipinski definition) is 2. The second-order valence-corrected chi connectivity index (χ2v) is 3.94. The minimum absolute atomic E-state index is 0.0359. The molecule has 1 rings (SSSR count). The van der Waals surface area contributed by atoms with E-state index in [1.807, 2.05) is 6.92 Å². The van der Waals surface area contributed by atoms with Crippen molar-refractivity contribution < 1.29 is 4.79 Å². The summed E-state index contributed by atoms with van der Waals surface area (Å²) in [4.78, 5) is 13.5. The van der Waals surface area contributed by atoms with Gasteiger partial charge in [-0.1, -0.05) is 0 Å². The predicted octanol–water partition coefficient (Wildman–Crippen LogP) is -0.300. The molecule has 0 aromatic rings. The van der Waals surface area contributed by atoms with Gasteiger partial charge in [0, 0.05) is 26.2 Å². The van der Waals surface area contributed by atoms with E-state index in [1.54, 1.807) is 0 Å². The van der Waals surface area contributed by atoms with Crippen molar-refractivity contribution in [2.45, 2.75) is 25.8 Å². The first kappa shape index (κ1) is 12.9. The molecule has 5 heteroatoms. The Morgan fingerprint density at radius 1 is 1.56 bits per heavy atom. The van der Waals surface area contributed by atoms with Crippen LogP contribution in [0.5, 0.6) is 0 Å². The van der Waals surface area contributed by atoms with Crippen molar-refractivity contribution in [3.63, 3.8) is 0 Å². The number of nitrogens with zero attached hydrogens (tertiary/aromatic N) is 2. The number of carbonyl (C=O) groups is 1. The van der Waals surface area contributed by atoms with Gasteiger partial charge >= 0.3 is 0 Å². The van der Waals surface area contributed by atoms with E-state index in [-0.39, 0.29) is 18.4 Å². The maximum Gasteiger partial charge on any atom is 0.222 e. The maximum absolute atomic E-state index is 11.4. The number of rotatable bonds is 4. The topological polar surface area (TPSA) is 68.2 Å². The van der Waals surface area contributed by atoms with Crippen LogP contribution in [0.25, 0.3) is 0 Å². The highest BCUT2D eigenvalue weighted by Crippen LogP contribution is 2.06. The van der Waals surface area contributed by atoms with Crippen molar-refractivity contribution >= 4 is 5.91 Å². The van der Waals surface area contributed by atoms with Crippen LogP contribution < -0.4 is 10.6 Å². The molecule has 5 nitrogen and oxygen atoms in total. The Balaban J connectivity index is 2.45. The van der Waals surface area contributed by atoms with Crippen LogP contribution in [0.4, 0.5) is 0 Å². The van der Waals surface area contributed by atoms with Gasteiger partial charge in [0.1, 0.15) is 6.04 Å². The Bertz CT molecular complexity index is 253. The molecule has 0 aromatic heterocycles. The van der Waals surface area contributed by atoms with Crippen LogP contribution in [0.2, 0.25) is 0 Å². The number of nitriles is 1. The standard InChI is InChI=1S/C11H20N4O/c1-2-14-11(16)8-10(9-12)15-6-3-4-13-5-7-15/h10,13H,2-8H2,1H3,(H,14,16). The third-order valence-corrected chi connectivity index (χ3v) is 2.72. The van der Waals surface area contributed by atoms with Crippen LogP contribution in [0, 0.1) is 11.3 Å². The molecule has 0 saturated carbocycles. The van der Waals surface area contributed by atoms with E-state index < -0.39 is 0 Å². The van der Waals surface area contributed by atoms with Gasteiger partial charge in [0.15, 0.2) is 0 Å². The van der Waals surface area contributed by atoms with Crippen molar-refractivity contribution in [1.82, 2.24) is 15.5 Å². The van der Waals surface area contributed by atoms with Gasteiger partial charge in [-0.15, -0.1) is 0 Å². The number of nitrogens with one attached hydrogen (secondary N) is 2. The molecule has 0 aromatic carbocycles. The number of hydrogen-bond acceptors (Lipinski definition) is 4. The van der Waals surface area contributed by atoms with Crippen molar-refractivity contribution in [2.75, 3.05) is 32.7 Å². The normalized spacial score (nSPS) is 19.5. The second-order valence-electron chi connectivity index (χ2n) is 3.94. The summed E-state index contributed by atoms with van der Waals surface area (Å²) in [6.07, 6.45) is 1.32. The van der Waals surface area contributed by atoms with Crippen LogP contribution in [-0.4, -0.2) is 49.6 Å². The minimum Gasteiger partial charge on any atom is -0.356 e. The Hall–Kier alpha value is -1.12. The van der Waals surface area contributed by atoms with Crippen molar-refractivity contribution in [2.24, 2.45) is 0 Å². The predicted molar refractivity (Wildman–Crippen MR) is 61.8 cm³/mol. The Morgan fingerprint density at radius 2 is 2.38 bits per heavy atom. The van der Waals surface area contributed by atoms with E-state index in [1.165, 1.54) is 0 Å². The van der Waals surface area contributed by atoms with Crippen LogP contribution in [-0.2, 0) is 4.79 Å². The van der Waals surface area contributed by atoms with Gasteiger partial charge in [-0.25, -0.2) is 0 Å². The molecule has 1 saturated heterocycles. The number of amides is 1. The van der Waals surface area contributed by atoms with Gasteiger partial charge < -0.3 is 10.6 Å². The summed E-state index contributed by atoms with van der Waals surface area (Å²) in [5.74, 6) is -0.0359. The molecular weight excluding hydrogens is 204 g/mol. The second kappa shape index (κ2) is 7.20. The first-order valence-corrected chi connectivity index (χ1v) is 5.89. The molecule has 1 aliphatic rings. The quantitative estimate of drug-likeness (QED) is 0.688. The third-order valence-electron chi connectivity index (χ3n) is 2.72. The lowest BCUT2D eigenvalue weighted by molar-refractivity contribution is -0.121. The molecule has 16 heavy (non-hydrogen) atoms. The van der Waals surface area contributed by atoms with E-state index in [4.69, 9.17) is 5.26 Å². The summed E-state index contributed by atoms with van der Waals surface area (Å²) in [5, 5.41) is 15.1. The minimum atomic E-state index is -0.286. The highest BCUT2D eigenvalue weighted by Gasteiger charge is 2.21. The van der Waals surface area contributed by atoms with Gasteiger partial charge in [0.2, 0.25) is 5.91 Å². The molecule has 1 heterocycles. The van der Waals surface area contributed by atoms with E-state index in [9.17, 15) is 4.79 Å². The van der Waals surface area contributed by atoms with Gasteiger partial charge in [0.25, 0.3) is 0 Å². The zero-order valence-electron chi connectivity index (χ0n) is 9.83. The lowest BCUT2D eigenvalue weighted by Gasteiger charge is -2.24. The van der Waals surface area contributed by atoms with E-state index in [0.29, 0.717) is 6.54 Å². The molecular formula is C11H20N4O. The first-order valence-electron chi connectivity index (χ1n) is 5.89. The highest BCUT2D eigenvalue weighted by atomic mass is 16.1.